The first-order valence-corrected chi connectivity index (χ1v) is 13.5. The fourth-order valence-corrected chi connectivity index (χ4v) is 8.06. The highest BCUT2D eigenvalue weighted by molar-refractivity contribution is 7.91. The van der Waals surface area contributed by atoms with Crippen LogP contribution in [0, 0.1) is 0 Å². The van der Waals surface area contributed by atoms with Crippen LogP contribution in [0.1, 0.15) is 27.3 Å². The lowest BCUT2D eigenvalue weighted by Gasteiger charge is -2.33. The molecule has 1 aromatic carbocycles. The Bertz CT molecular complexity index is 1260. The average molecular weight is 497 g/mol. The number of hydrogen-bond donors (Lipinski definition) is 1. The van der Waals surface area contributed by atoms with Gasteiger partial charge in [0.25, 0.3) is 15.9 Å². The summed E-state index contributed by atoms with van der Waals surface area (Å²) < 4.78 is 28.9. The lowest BCUT2D eigenvalue weighted by molar-refractivity contribution is 0.0697. The zero-order chi connectivity index (χ0) is 21.8. The number of piperazine rings is 1. The van der Waals surface area contributed by atoms with Crippen molar-refractivity contribution >= 4 is 60.3 Å². The molecule has 5 rings (SSSR count). The number of carbonyl (C=O) groups is 1. The summed E-state index contributed by atoms with van der Waals surface area (Å²) in [6.07, 6.45) is 0.825. The molecule has 4 heterocycles. The van der Waals surface area contributed by atoms with Gasteiger partial charge >= 0.3 is 0 Å². The average Bonchev–Trinajstić information content (AvgIpc) is 3.37. The number of halogens is 1. The van der Waals surface area contributed by atoms with Crippen molar-refractivity contribution in [1.29, 1.82) is 0 Å². The fourth-order valence-electron chi connectivity index (χ4n) is 3.91. The van der Waals surface area contributed by atoms with Crippen LogP contribution in [0.3, 0.4) is 0 Å². The Morgan fingerprint density at radius 2 is 1.97 bits per heavy atom. The number of benzene rings is 1. The third kappa shape index (κ3) is 4.01. The van der Waals surface area contributed by atoms with Crippen molar-refractivity contribution in [3.8, 4) is 0 Å². The number of amides is 1. The lowest BCUT2D eigenvalue weighted by Crippen LogP contribution is -2.50. The van der Waals surface area contributed by atoms with Crippen molar-refractivity contribution < 1.29 is 13.2 Å². The number of nitrogens with zero attached hydrogens (tertiary/aromatic N) is 3. The molecule has 31 heavy (non-hydrogen) atoms. The van der Waals surface area contributed by atoms with Gasteiger partial charge in [0.05, 0.1) is 5.69 Å². The van der Waals surface area contributed by atoms with Crippen LogP contribution in [-0.4, -0.2) is 60.7 Å². The molecule has 7 nitrogen and oxygen atoms in total. The minimum absolute atomic E-state index is 0.111. The second-order valence-electron chi connectivity index (χ2n) is 7.82. The number of nitrogens with one attached hydrogen (secondary N) is 1. The summed E-state index contributed by atoms with van der Waals surface area (Å²) in [4.78, 5) is 20.3. The molecule has 1 amide bonds. The number of fused-ring (bicyclic) bond motifs is 2. The number of sulfonamides is 1. The summed E-state index contributed by atoms with van der Waals surface area (Å²) in [5.41, 5.74) is 1.01. The third-order valence-corrected chi connectivity index (χ3v) is 10.4. The number of rotatable bonds is 3. The maximum Gasteiger partial charge on any atom is 0.282 e. The van der Waals surface area contributed by atoms with E-state index in [1.807, 2.05) is 6.07 Å². The van der Waals surface area contributed by atoms with Gasteiger partial charge in [-0.15, -0.1) is 22.7 Å². The van der Waals surface area contributed by atoms with Crippen LogP contribution in [-0.2, 0) is 23.0 Å². The first-order valence-electron chi connectivity index (χ1n) is 10.0. The molecule has 1 atom stereocenters. The van der Waals surface area contributed by atoms with Gasteiger partial charge in [-0.2, -0.15) is 4.31 Å². The van der Waals surface area contributed by atoms with Crippen LogP contribution in [0.15, 0.2) is 28.5 Å². The molecule has 1 saturated heterocycles. The number of hydrogen-bond acceptors (Lipinski definition) is 7. The Morgan fingerprint density at radius 1 is 1.19 bits per heavy atom. The monoisotopic (exact) mass is 496 g/mol. The largest absolute Gasteiger partial charge is 0.334 e. The molecule has 0 saturated carbocycles. The molecule has 164 valence electrons. The van der Waals surface area contributed by atoms with Gasteiger partial charge in [-0.1, -0.05) is 11.6 Å². The molecule has 1 fully saturated rings. The van der Waals surface area contributed by atoms with Crippen molar-refractivity contribution in [1.82, 2.24) is 19.5 Å². The third-order valence-electron chi connectivity index (χ3n) is 5.65. The Balaban J connectivity index is 1.28. The summed E-state index contributed by atoms with van der Waals surface area (Å²) in [6.45, 7) is 4.10. The second kappa shape index (κ2) is 8.09. The molecule has 0 aliphatic carbocycles. The maximum absolute atomic E-state index is 13.1. The summed E-state index contributed by atoms with van der Waals surface area (Å²) >= 11 is 8.71. The van der Waals surface area contributed by atoms with E-state index >= 15 is 0 Å². The maximum atomic E-state index is 13.1. The Labute approximate surface area is 193 Å². The molecule has 0 spiro atoms. The molecule has 2 aliphatic rings. The van der Waals surface area contributed by atoms with Crippen molar-refractivity contribution in [3.05, 3.63) is 44.9 Å². The highest BCUT2D eigenvalue weighted by Gasteiger charge is 2.33. The van der Waals surface area contributed by atoms with Crippen molar-refractivity contribution in [2.45, 2.75) is 30.1 Å². The van der Waals surface area contributed by atoms with E-state index in [1.54, 1.807) is 23.1 Å². The Morgan fingerprint density at radius 3 is 2.74 bits per heavy atom. The number of carbonyl (C=O) groups excluding carboxylic acids is 1. The van der Waals surface area contributed by atoms with Crippen molar-refractivity contribution in [3.63, 3.8) is 0 Å². The van der Waals surface area contributed by atoms with Crippen molar-refractivity contribution in [2.24, 2.45) is 0 Å². The molecular weight excluding hydrogens is 476 g/mol. The molecular formula is C20H21ClN4O3S3. The van der Waals surface area contributed by atoms with Crippen LogP contribution in [0.25, 0.3) is 10.1 Å². The van der Waals surface area contributed by atoms with E-state index in [-0.39, 0.29) is 19.0 Å². The molecule has 1 N–H and O–H groups in total. The second-order valence-corrected chi connectivity index (χ2v) is 12.6. The quantitative estimate of drug-likeness (QED) is 0.602. The number of thiophene rings is 1. The van der Waals surface area contributed by atoms with Crippen LogP contribution < -0.4 is 5.32 Å². The predicted molar refractivity (Wildman–Crippen MR) is 124 cm³/mol. The van der Waals surface area contributed by atoms with Gasteiger partial charge in [-0.3, -0.25) is 4.79 Å². The molecule has 2 aliphatic heterocycles. The highest BCUT2D eigenvalue weighted by Crippen LogP contribution is 2.33. The van der Waals surface area contributed by atoms with Gasteiger partial charge in [0.2, 0.25) is 0 Å². The molecule has 3 aromatic rings. The predicted octanol–water partition coefficient (Wildman–Crippen LogP) is 3.19. The van der Waals surface area contributed by atoms with Crippen LogP contribution in [0.4, 0.5) is 0 Å². The van der Waals surface area contributed by atoms with E-state index < -0.39 is 10.0 Å². The standard InChI is InChI=1S/C20H21ClN4O3S3/c1-12-8-15-17(11-22-12)30-19(23-15)20(26)24-4-6-25(7-5-24)31(27,28)18-10-13-9-14(21)2-3-16(13)29-18/h2-3,9-10,12,22H,4-8,11H2,1H3. The fraction of sp³-hybridized carbons (Fsp3) is 0.400. The van der Waals surface area contributed by atoms with Gasteiger partial charge < -0.3 is 10.2 Å². The zero-order valence-electron chi connectivity index (χ0n) is 16.8. The van der Waals surface area contributed by atoms with Crippen molar-refractivity contribution in [2.75, 3.05) is 26.2 Å². The minimum atomic E-state index is -3.61. The highest BCUT2D eigenvalue weighted by atomic mass is 35.5. The van der Waals surface area contributed by atoms with Crippen LogP contribution in [0.5, 0.6) is 0 Å². The SMILES string of the molecule is CC1Cc2nc(C(=O)N3CCN(S(=O)(=O)c4cc5cc(Cl)ccc5s4)CC3)sc2CN1. The van der Waals surface area contributed by atoms with E-state index in [0.717, 1.165) is 33.6 Å². The molecule has 1 unspecified atom stereocenters. The first kappa shape index (κ1) is 21.3. The van der Waals surface area contributed by atoms with Gasteiger partial charge in [0.15, 0.2) is 5.01 Å². The normalized spacial score (nSPS) is 20.2. The zero-order valence-corrected chi connectivity index (χ0v) is 20.0. The number of thiazole rings is 1. The van der Waals surface area contributed by atoms with Gasteiger partial charge in [0, 0.05) is 59.8 Å². The first-order chi connectivity index (χ1) is 14.8. The topological polar surface area (TPSA) is 82.6 Å². The van der Waals surface area contributed by atoms with Gasteiger partial charge in [-0.05, 0) is 36.6 Å². The smallest absolute Gasteiger partial charge is 0.282 e. The number of aromatic nitrogens is 1. The summed E-state index contributed by atoms with van der Waals surface area (Å²) in [6, 6.07) is 7.40. The van der Waals surface area contributed by atoms with Gasteiger partial charge in [-0.25, -0.2) is 13.4 Å². The molecule has 2 aromatic heterocycles. The van der Waals surface area contributed by atoms with E-state index in [2.05, 4.69) is 17.2 Å². The summed E-state index contributed by atoms with van der Waals surface area (Å²) in [5, 5.41) is 5.28. The summed E-state index contributed by atoms with van der Waals surface area (Å²) in [7, 11) is -3.61. The Kier molecular flexibility index (Phi) is 5.56. The van der Waals surface area contributed by atoms with E-state index in [4.69, 9.17) is 11.6 Å². The van der Waals surface area contributed by atoms with E-state index in [1.165, 1.54) is 27.0 Å². The molecule has 11 heteroatoms. The van der Waals surface area contributed by atoms with Crippen LogP contribution >= 0.6 is 34.3 Å². The molecule has 0 radical (unpaired) electrons. The van der Waals surface area contributed by atoms with Crippen LogP contribution in [0.2, 0.25) is 5.02 Å². The lowest BCUT2D eigenvalue weighted by atomic mass is 10.1. The van der Waals surface area contributed by atoms with Gasteiger partial charge in [0.1, 0.15) is 4.21 Å². The van der Waals surface area contributed by atoms with E-state index in [9.17, 15) is 13.2 Å². The summed E-state index contributed by atoms with van der Waals surface area (Å²) in [5.74, 6) is -0.111. The Hall–Kier alpha value is -1.56. The van der Waals surface area contributed by atoms with E-state index in [0.29, 0.717) is 33.4 Å². The minimum Gasteiger partial charge on any atom is -0.334 e. The molecule has 0 bridgehead atoms.